The Morgan fingerprint density at radius 2 is 1.81 bits per heavy atom. The Kier molecular flexibility index (Phi) is 5.34. The van der Waals surface area contributed by atoms with Gasteiger partial charge in [0.05, 0.1) is 10.0 Å². The Hall–Kier alpha value is -1.42. The molecule has 110 valence electrons. The fraction of sp³-hybridized carbons (Fsp3) is 0.133. The van der Waals surface area contributed by atoms with Crippen molar-refractivity contribution in [1.29, 1.82) is 0 Å². The Bertz CT molecular complexity index is 674. The second-order valence-corrected chi connectivity index (χ2v) is 5.53. The normalized spacial score (nSPS) is 10.3. The van der Waals surface area contributed by atoms with Crippen LogP contribution in [0.4, 0.5) is 5.69 Å². The van der Waals surface area contributed by atoms with Gasteiger partial charge in [-0.15, -0.1) is 0 Å². The molecule has 0 aliphatic carbocycles. The van der Waals surface area contributed by atoms with Gasteiger partial charge in [0.2, 0.25) is 0 Å². The maximum absolute atomic E-state index is 11.6. The van der Waals surface area contributed by atoms with Crippen LogP contribution in [0, 0.1) is 0 Å². The molecule has 0 atom stereocenters. The molecule has 0 fully saturated rings. The lowest BCUT2D eigenvalue weighted by atomic mass is 10.1. The minimum absolute atomic E-state index is 0.141. The number of benzene rings is 2. The van der Waals surface area contributed by atoms with Crippen LogP contribution in [0.5, 0.6) is 0 Å². The van der Waals surface area contributed by atoms with Crippen LogP contribution < -0.4 is 10.6 Å². The predicted molar refractivity (Wildman–Crippen MR) is 88.6 cm³/mol. The summed E-state index contributed by atoms with van der Waals surface area (Å²) >= 11 is 18.3. The molecular formula is C15H13Cl3N2O. The zero-order chi connectivity index (χ0) is 15.4. The number of carbonyl (C=O) groups is 1. The molecule has 0 heterocycles. The summed E-state index contributed by atoms with van der Waals surface area (Å²) in [5.41, 5.74) is 2.09. The lowest BCUT2D eigenvalue weighted by Crippen LogP contribution is -2.17. The Balaban J connectivity index is 2.17. The maximum atomic E-state index is 11.6. The Morgan fingerprint density at radius 3 is 2.52 bits per heavy atom. The number of carbonyl (C=O) groups excluding carboxylic acids is 1. The lowest BCUT2D eigenvalue weighted by molar-refractivity contribution is 0.0963. The van der Waals surface area contributed by atoms with Gasteiger partial charge in [-0.2, -0.15) is 0 Å². The van der Waals surface area contributed by atoms with Gasteiger partial charge in [0, 0.05) is 35.4 Å². The molecule has 0 bridgehead atoms. The van der Waals surface area contributed by atoms with Crippen LogP contribution in [0.15, 0.2) is 36.4 Å². The van der Waals surface area contributed by atoms with Gasteiger partial charge in [-0.25, -0.2) is 0 Å². The molecule has 2 aromatic rings. The molecule has 2 rings (SSSR count). The summed E-state index contributed by atoms with van der Waals surface area (Å²) in [7, 11) is 1.59. The highest BCUT2D eigenvalue weighted by molar-refractivity contribution is 6.44. The molecule has 2 N–H and O–H groups in total. The fourth-order valence-corrected chi connectivity index (χ4v) is 2.52. The summed E-state index contributed by atoms with van der Waals surface area (Å²) in [6, 6.07) is 10.5. The summed E-state index contributed by atoms with van der Waals surface area (Å²) in [5, 5.41) is 7.19. The van der Waals surface area contributed by atoms with Gasteiger partial charge in [-0.05, 0) is 30.3 Å². The van der Waals surface area contributed by atoms with Crippen molar-refractivity contribution in [2.24, 2.45) is 0 Å². The number of rotatable bonds is 4. The van der Waals surface area contributed by atoms with E-state index in [4.69, 9.17) is 34.8 Å². The van der Waals surface area contributed by atoms with E-state index >= 15 is 0 Å². The topological polar surface area (TPSA) is 41.1 Å². The maximum Gasteiger partial charge on any atom is 0.251 e. The van der Waals surface area contributed by atoms with Crippen molar-refractivity contribution in [2.75, 3.05) is 12.4 Å². The van der Waals surface area contributed by atoms with E-state index in [0.29, 0.717) is 27.2 Å². The van der Waals surface area contributed by atoms with Gasteiger partial charge in [-0.1, -0.05) is 40.9 Å². The third-order valence-corrected chi connectivity index (χ3v) is 4.16. The second kappa shape index (κ2) is 7.03. The smallest absolute Gasteiger partial charge is 0.251 e. The molecule has 0 aliphatic heterocycles. The molecule has 3 nitrogen and oxygen atoms in total. The minimum Gasteiger partial charge on any atom is -0.381 e. The van der Waals surface area contributed by atoms with Crippen molar-refractivity contribution in [3.05, 3.63) is 62.6 Å². The lowest BCUT2D eigenvalue weighted by Gasteiger charge is -2.11. The van der Waals surface area contributed by atoms with E-state index in [1.165, 1.54) is 0 Å². The summed E-state index contributed by atoms with van der Waals surface area (Å²) in [4.78, 5) is 11.6. The van der Waals surface area contributed by atoms with E-state index < -0.39 is 0 Å². The number of hydrogen-bond donors (Lipinski definition) is 2. The van der Waals surface area contributed by atoms with Gasteiger partial charge in [-0.3, -0.25) is 4.79 Å². The van der Waals surface area contributed by atoms with E-state index in [0.717, 1.165) is 11.3 Å². The summed E-state index contributed by atoms with van der Waals surface area (Å²) in [6.07, 6.45) is 0. The van der Waals surface area contributed by atoms with E-state index in [1.54, 1.807) is 37.4 Å². The first kappa shape index (κ1) is 16.0. The molecule has 0 unspecified atom stereocenters. The molecule has 0 radical (unpaired) electrons. The molecule has 0 spiro atoms. The van der Waals surface area contributed by atoms with Crippen molar-refractivity contribution in [3.8, 4) is 0 Å². The first-order chi connectivity index (χ1) is 10.0. The van der Waals surface area contributed by atoms with Crippen molar-refractivity contribution in [3.63, 3.8) is 0 Å². The highest BCUT2D eigenvalue weighted by Crippen LogP contribution is 2.31. The molecule has 0 aromatic heterocycles. The quantitative estimate of drug-likeness (QED) is 0.795. The molecule has 2 aromatic carbocycles. The Labute approximate surface area is 138 Å². The molecule has 21 heavy (non-hydrogen) atoms. The van der Waals surface area contributed by atoms with Gasteiger partial charge in [0.15, 0.2) is 0 Å². The first-order valence-corrected chi connectivity index (χ1v) is 7.34. The zero-order valence-corrected chi connectivity index (χ0v) is 13.5. The summed E-state index contributed by atoms with van der Waals surface area (Å²) in [6.45, 7) is 0.412. The number of amides is 1. The number of hydrogen-bond acceptors (Lipinski definition) is 2. The standard InChI is InChI=1S/C15H13Cl3N2O/c1-19-15(21)9-3-2-4-10(7-9)20-8-11-12(16)5-6-13(17)14(11)18/h2-7,20H,8H2,1H3,(H,19,21). The molecular weight excluding hydrogens is 331 g/mol. The van der Waals surface area contributed by atoms with Crippen LogP contribution in [-0.4, -0.2) is 13.0 Å². The molecule has 0 saturated heterocycles. The van der Waals surface area contributed by atoms with Crippen molar-refractivity contribution in [1.82, 2.24) is 5.32 Å². The van der Waals surface area contributed by atoms with E-state index in [-0.39, 0.29) is 5.91 Å². The SMILES string of the molecule is CNC(=O)c1cccc(NCc2c(Cl)ccc(Cl)c2Cl)c1. The van der Waals surface area contributed by atoms with Gasteiger partial charge < -0.3 is 10.6 Å². The van der Waals surface area contributed by atoms with Crippen LogP contribution in [0.3, 0.4) is 0 Å². The average molecular weight is 344 g/mol. The molecule has 1 amide bonds. The van der Waals surface area contributed by atoms with E-state index in [2.05, 4.69) is 10.6 Å². The Morgan fingerprint density at radius 1 is 1.10 bits per heavy atom. The third-order valence-electron chi connectivity index (χ3n) is 2.96. The second-order valence-electron chi connectivity index (χ2n) is 4.34. The highest BCUT2D eigenvalue weighted by Gasteiger charge is 2.10. The van der Waals surface area contributed by atoms with Crippen LogP contribution in [0.25, 0.3) is 0 Å². The number of halogens is 3. The first-order valence-electron chi connectivity index (χ1n) is 6.21. The average Bonchev–Trinajstić information content (AvgIpc) is 2.50. The highest BCUT2D eigenvalue weighted by atomic mass is 35.5. The van der Waals surface area contributed by atoms with E-state index in [1.807, 2.05) is 6.07 Å². The molecule has 6 heteroatoms. The van der Waals surface area contributed by atoms with Crippen molar-refractivity contribution in [2.45, 2.75) is 6.54 Å². The molecule has 0 aliphatic rings. The predicted octanol–water partition coefficient (Wildman–Crippen LogP) is 4.62. The summed E-state index contributed by atoms with van der Waals surface area (Å²) in [5.74, 6) is -0.141. The van der Waals surface area contributed by atoms with Crippen LogP contribution in [0.1, 0.15) is 15.9 Å². The van der Waals surface area contributed by atoms with Crippen LogP contribution in [0.2, 0.25) is 15.1 Å². The van der Waals surface area contributed by atoms with Gasteiger partial charge >= 0.3 is 0 Å². The monoisotopic (exact) mass is 342 g/mol. The van der Waals surface area contributed by atoms with E-state index in [9.17, 15) is 4.79 Å². The van der Waals surface area contributed by atoms with Crippen LogP contribution >= 0.6 is 34.8 Å². The number of anilines is 1. The largest absolute Gasteiger partial charge is 0.381 e. The number of nitrogens with one attached hydrogen (secondary N) is 2. The van der Waals surface area contributed by atoms with Crippen LogP contribution in [-0.2, 0) is 6.54 Å². The zero-order valence-electron chi connectivity index (χ0n) is 11.2. The fourth-order valence-electron chi connectivity index (χ4n) is 1.84. The van der Waals surface area contributed by atoms with Gasteiger partial charge in [0.1, 0.15) is 0 Å². The van der Waals surface area contributed by atoms with Gasteiger partial charge in [0.25, 0.3) is 5.91 Å². The molecule has 0 saturated carbocycles. The minimum atomic E-state index is -0.141. The summed E-state index contributed by atoms with van der Waals surface area (Å²) < 4.78 is 0. The third kappa shape index (κ3) is 3.82. The van der Waals surface area contributed by atoms with Crippen molar-refractivity contribution < 1.29 is 4.79 Å². The van der Waals surface area contributed by atoms with Crippen molar-refractivity contribution >= 4 is 46.4 Å².